The molecule has 8 heteroatoms. The molecular formula is C29H28BrNO5S. The minimum Gasteiger partial charge on any atom is -0.493 e. The monoisotopic (exact) mass is 581 g/mol. The van der Waals surface area contributed by atoms with Gasteiger partial charge in [-0.05, 0) is 103 Å². The first-order valence-electron chi connectivity index (χ1n) is 12.7. The molecule has 1 heterocycles. The van der Waals surface area contributed by atoms with Crippen molar-refractivity contribution < 1.29 is 23.9 Å². The van der Waals surface area contributed by atoms with E-state index in [1.54, 1.807) is 24.3 Å². The van der Waals surface area contributed by atoms with E-state index in [0.717, 1.165) is 41.1 Å². The van der Waals surface area contributed by atoms with Crippen LogP contribution in [0.15, 0.2) is 51.8 Å². The highest BCUT2D eigenvalue weighted by molar-refractivity contribution is 9.10. The largest absolute Gasteiger partial charge is 0.493 e. The minimum absolute atomic E-state index is 0.133. The van der Waals surface area contributed by atoms with Crippen molar-refractivity contribution in [3.63, 3.8) is 0 Å². The van der Waals surface area contributed by atoms with Crippen LogP contribution in [-0.4, -0.2) is 29.1 Å². The molecule has 6 nitrogen and oxygen atoms in total. The predicted octanol–water partition coefficient (Wildman–Crippen LogP) is 6.82. The third-order valence-electron chi connectivity index (χ3n) is 8.32. The molecule has 0 radical (unpaired) electrons. The number of carbonyl (C=O) groups is 3. The Morgan fingerprint density at radius 1 is 1.05 bits per heavy atom. The molecule has 2 aromatic carbocycles. The van der Waals surface area contributed by atoms with Crippen molar-refractivity contribution in [2.75, 3.05) is 7.11 Å². The number of thioether (sulfide) groups is 1. The summed E-state index contributed by atoms with van der Waals surface area (Å²) >= 11 is 4.39. The van der Waals surface area contributed by atoms with E-state index in [1.807, 2.05) is 24.3 Å². The first-order chi connectivity index (χ1) is 17.8. The normalized spacial score (nSPS) is 29.3. The quantitative estimate of drug-likeness (QED) is 0.212. The number of hydrogen-bond donors (Lipinski definition) is 0. The van der Waals surface area contributed by atoms with Crippen LogP contribution in [0.25, 0.3) is 6.08 Å². The van der Waals surface area contributed by atoms with Gasteiger partial charge in [-0.15, -0.1) is 0 Å². The molecule has 192 valence electrons. The molecule has 1 aliphatic heterocycles. The third kappa shape index (κ3) is 4.63. The summed E-state index contributed by atoms with van der Waals surface area (Å²) in [6, 6.07) is 12.8. The molecule has 5 fully saturated rings. The molecule has 4 saturated carbocycles. The molecule has 7 rings (SSSR count). The van der Waals surface area contributed by atoms with Crippen LogP contribution in [0.3, 0.4) is 0 Å². The van der Waals surface area contributed by atoms with Gasteiger partial charge in [0.2, 0.25) is 0 Å². The van der Waals surface area contributed by atoms with Crippen molar-refractivity contribution in [1.82, 2.24) is 4.90 Å². The van der Waals surface area contributed by atoms with Gasteiger partial charge >= 0.3 is 5.97 Å². The fraction of sp³-hybridized carbons (Fsp3) is 0.414. The van der Waals surface area contributed by atoms with Crippen LogP contribution < -0.4 is 9.47 Å². The van der Waals surface area contributed by atoms with Crippen molar-refractivity contribution in [2.45, 2.75) is 45.1 Å². The Morgan fingerprint density at radius 2 is 1.73 bits per heavy atom. The van der Waals surface area contributed by atoms with Crippen LogP contribution in [0.2, 0.25) is 0 Å². The van der Waals surface area contributed by atoms with Crippen molar-refractivity contribution >= 4 is 50.9 Å². The summed E-state index contributed by atoms with van der Waals surface area (Å²) in [5.74, 6) is 2.32. The van der Waals surface area contributed by atoms with E-state index in [2.05, 4.69) is 15.9 Å². The highest BCUT2D eigenvalue weighted by Gasteiger charge is 2.55. The van der Waals surface area contributed by atoms with Gasteiger partial charge in [0.25, 0.3) is 11.1 Å². The Kier molecular flexibility index (Phi) is 6.43. The molecule has 0 spiro atoms. The topological polar surface area (TPSA) is 72.9 Å². The molecule has 1 saturated heterocycles. The average molecular weight is 583 g/mol. The first-order valence-corrected chi connectivity index (χ1v) is 14.3. The maximum absolute atomic E-state index is 13.4. The van der Waals surface area contributed by atoms with Crippen LogP contribution >= 0.6 is 27.7 Å². The van der Waals surface area contributed by atoms with Crippen LogP contribution in [0.1, 0.15) is 49.7 Å². The molecule has 0 unspecified atom stereocenters. The van der Waals surface area contributed by atoms with Gasteiger partial charge in [0, 0.05) is 4.47 Å². The lowest BCUT2D eigenvalue weighted by Gasteiger charge is -2.55. The number of hydrogen-bond acceptors (Lipinski definition) is 6. The van der Waals surface area contributed by atoms with Gasteiger partial charge in [0.1, 0.15) is 0 Å². The second kappa shape index (κ2) is 9.62. The zero-order valence-electron chi connectivity index (χ0n) is 20.6. The molecule has 0 N–H and O–H groups in total. The van der Waals surface area contributed by atoms with Crippen molar-refractivity contribution in [2.24, 2.45) is 23.2 Å². The van der Waals surface area contributed by atoms with Crippen LogP contribution in [0.5, 0.6) is 11.5 Å². The Morgan fingerprint density at radius 3 is 2.38 bits per heavy atom. The van der Waals surface area contributed by atoms with Crippen LogP contribution in [0.4, 0.5) is 4.79 Å². The number of benzene rings is 2. The van der Waals surface area contributed by atoms with E-state index in [9.17, 15) is 14.4 Å². The number of amides is 2. The Hall–Kier alpha value is -2.58. The van der Waals surface area contributed by atoms with Gasteiger partial charge in [-0.2, -0.15) is 0 Å². The van der Waals surface area contributed by atoms with Gasteiger partial charge in [-0.1, -0.05) is 40.2 Å². The number of esters is 1. The number of ether oxygens (including phenoxy) is 2. The summed E-state index contributed by atoms with van der Waals surface area (Å²) in [5.41, 5.74) is 1.20. The molecule has 0 aromatic heterocycles. The summed E-state index contributed by atoms with van der Waals surface area (Å²) in [7, 11) is 1.53. The SMILES string of the molecule is COc1cc(/C=C2\SC(=O)N(Cc3ccccc3Br)C2=O)ccc1OC(=O)C12CC3CC(CC(C3)C1)C2. The third-order valence-corrected chi connectivity index (χ3v) is 10.0. The molecule has 2 amide bonds. The summed E-state index contributed by atoms with van der Waals surface area (Å²) in [6.45, 7) is 0.200. The Bertz CT molecular complexity index is 1290. The molecule has 5 aliphatic rings. The molecule has 4 bridgehead atoms. The molecule has 2 aromatic rings. The number of halogens is 1. The summed E-state index contributed by atoms with van der Waals surface area (Å²) < 4.78 is 12.4. The van der Waals surface area contributed by atoms with E-state index in [1.165, 1.54) is 31.3 Å². The summed E-state index contributed by atoms with van der Waals surface area (Å²) in [4.78, 5) is 40.6. The highest BCUT2D eigenvalue weighted by atomic mass is 79.9. The van der Waals surface area contributed by atoms with E-state index >= 15 is 0 Å². The predicted molar refractivity (Wildman–Crippen MR) is 145 cm³/mol. The lowest BCUT2D eigenvalue weighted by molar-refractivity contribution is -0.161. The summed E-state index contributed by atoms with van der Waals surface area (Å²) in [5, 5.41) is -0.305. The second-order valence-electron chi connectivity index (χ2n) is 10.9. The summed E-state index contributed by atoms with van der Waals surface area (Å²) in [6.07, 6.45) is 8.28. The van der Waals surface area contributed by atoms with E-state index in [-0.39, 0.29) is 29.1 Å². The van der Waals surface area contributed by atoms with Gasteiger partial charge in [-0.3, -0.25) is 19.3 Å². The van der Waals surface area contributed by atoms with E-state index in [4.69, 9.17) is 9.47 Å². The van der Waals surface area contributed by atoms with Gasteiger partial charge in [-0.25, -0.2) is 0 Å². The number of methoxy groups -OCH3 is 1. The lowest BCUT2D eigenvalue weighted by Crippen LogP contribution is -2.51. The Labute approximate surface area is 228 Å². The number of carbonyl (C=O) groups excluding carboxylic acids is 3. The second-order valence-corrected chi connectivity index (χ2v) is 12.7. The van der Waals surface area contributed by atoms with E-state index < -0.39 is 0 Å². The van der Waals surface area contributed by atoms with Gasteiger partial charge < -0.3 is 9.47 Å². The highest BCUT2D eigenvalue weighted by Crippen LogP contribution is 2.60. The number of imide groups is 1. The number of nitrogens with zero attached hydrogens (tertiary/aromatic N) is 1. The fourth-order valence-corrected chi connectivity index (χ4v) is 8.26. The van der Waals surface area contributed by atoms with Crippen molar-refractivity contribution in [1.29, 1.82) is 0 Å². The van der Waals surface area contributed by atoms with Gasteiger partial charge in [0.05, 0.1) is 24.0 Å². The maximum Gasteiger partial charge on any atom is 0.317 e. The van der Waals surface area contributed by atoms with Crippen LogP contribution in [0, 0.1) is 23.2 Å². The standard InChI is InChI=1S/C29H28BrNO5S/c1-35-24-11-17(12-25-26(32)31(28(34)37-25)16-21-4-2-3-5-22(21)30)6-7-23(24)36-27(33)29-13-18-8-19(14-29)10-20(9-18)15-29/h2-7,11-12,18-20H,8-10,13-16H2,1H3/b25-12-. The minimum atomic E-state index is -0.356. The fourth-order valence-electron chi connectivity index (χ4n) is 7.01. The zero-order valence-corrected chi connectivity index (χ0v) is 23.0. The van der Waals surface area contributed by atoms with Crippen molar-refractivity contribution in [3.8, 4) is 11.5 Å². The smallest absolute Gasteiger partial charge is 0.317 e. The maximum atomic E-state index is 13.4. The van der Waals surface area contributed by atoms with Crippen LogP contribution in [-0.2, 0) is 16.1 Å². The van der Waals surface area contributed by atoms with Gasteiger partial charge in [0.15, 0.2) is 11.5 Å². The molecular weight excluding hydrogens is 554 g/mol. The lowest BCUT2D eigenvalue weighted by atomic mass is 9.49. The van der Waals surface area contributed by atoms with E-state index in [0.29, 0.717) is 39.7 Å². The molecule has 0 atom stereocenters. The average Bonchev–Trinajstić information content (AvgIpc) is 3.12. The number of rotatable bonds is 6. The Balaban J connectivity index is 1.18. The zero-order chi connectivity index (χ0) is 25.7. The van der Waals surface area contributed by atoms with Crippen molar-refractivity contribution in [3.05, 3.63) is 63.0 Å². The molecule has 37 heavy (non-hydrogen) atoms. The molecule has 4 aliphatic carbocycles. The first kappa shape index (κ1) is 24.7.